The van der Waals surface area contributed by atoms with Gasteiger partial charge in [0, 0.05) is 29.4 Å². The van der Waals surface area contributed by atoms with E-state index < -0.39 is 0 Å². The second-order valence-electron chi connectivity index (χ2n) is 7.33. The van der Waals surface area contributed by atoms with Crippen molar-refractivity contribution in [3.05, 3.63) is 76.1 Å². The van der Waals surface area contributed by atoms with E-state index in [4.69, 9.17) is 4.98 Å². The van der Waals surface area contributed by atoms with Crippen LogP contribution in [0.15, 0.2) is 48.0 Å². The van der Waals surface area contributed by atoms with Gasteiger partial charge in [0.05, 0.1) is 11.7 Å². The minimum atomic E-state index is -0.116. The lowest BCUT2D eigenvalue weighted by Gasteiger charge is -2.23. The van der Waals surface area contributed by atoms with Crippen LogP contribution in [0.3, 0.4) is 0 Å². The Morgan fingerprint density at radius 1 is 1.21 bits per heavy atom. The molecule has 1 aromatic carbocycles. The number of thiazole rings is 1. The molecule has 6 heteroatoms. The van der Waals surface area contributed by atoms with Gasteiger partial charge in [0.1, 0.15) is 0 Å². The van der Waals surface area contributed by atoms with Gasteiger partial charge in [0.25, 0.3) is 5.91 Å². The predicted molar refractivity (Wildman–Crippen MR) is 113 cm³/mol. The lowest BCUT2D eigenvalue weighted by molar-refractivity contribution is 0.102. The van der Waals surface area contributed by atoms with Crippen LogP contribution in [0.2, 0.25) is 0 Å². The van der Waals surface area contributed by atoms with E-state index >= 15 is 0 Å². The van der Waals surface area contributed by atoms with E-state index in [1.54, 1.807) is 0 Å². The number of nitrogens with zero attached hydrogens (tertiary/aromatic N) is 3. The zero-order valence-electron chi connectivity index (χ0n) is 16.2. The summed E-state index contributed by atoms with van der Waals surface area (Å²) in [5.74, 6) is -0.116. The molecule has 1 aliphatic rings. The lowest BCUT2D eigenvalue weighted by Crippen LogP contribution is -2.23. The summed E-state index contributed by atoms with van der Waals surface area (Å²) in [7, 11) is 0. The first-order chi connectivity index (χ1) is 13.6. The van der Waals surface area contributed by atoms with Crippen LogP contribution in [0.25, 0.3) is 0 Å². The molecular weight excluding hydrogens is 368 g/mol. The second kappa shape index (κ2) is 8.20. The number of pyridine rings is 1. The van der Waals surface area contributed by atoms with Crippen LogP contribution >= 0.6 is 11.3 Å². The Hall–Kier alpha value is -2.57. The first-order valence-electron chi connectivity index (χ1n) is 9.57. The van der Waals surface area contributed by atoms with Gasteiger partial charge >= 0.3 is 0 Å². The summed E-state index contributed by atoms with van der Waals surface area (Å²) < 4.78 is 0. The number of aromatic nitrogens is 2. The van der Waals surface area contributed by atoms with Gasteiger partial charge in [-0.25, -0.2) is 4.98 Å². The van der Waals surface area contributed by atoms with E-state index in [0.29, 0.717) is 16.7 Å². The SMILES string of the molecule is Cc1ccc(C(=O)Nc2nc([C@H]3CCCN3Cc3ccc(C)nc3)cs2)cc1. The molecule has 0 radical (unpaired) electrons. The molecule has 144 valence electrons. The van der Waals surface area contributed by atoms with E-state index in [-0.39, 0.29) is 5.91 Å². The zero-order valence-corrected chi connectivity index (χ0v) is 17.0. The highest BCUT2D eigenvalue weighted by molar-refractivity contribution is 7.14. The van der Waals surface area contributed by atoms with Gasteiger partial charge in [-0.05, 0) is 57.0 Å². The van der Waals surface area contributed by atoms with Crippen molar-refractivity contribution in [1.82, 2.24) is 14.9 Å². The van der Waals surface area contributed by atoms with Crippen LogP contribution in [0.4, 0.5) is 5.13 Å². The summed E-state index contributed by atoms with van der Waals surface area (Å²) in [4.78, 5) is 24.0. The third-order valence-corrected chi connectivity index (χ3v) is 5.90. The Bertz CT molecular complexity index is 949. The van der Waals surface area contributed by atoms with Crippen LogP contribution < -0.4 is 5.32 Å². The second-order valence-corrected chi connectivity index (χ2v) is 8.19. The van der Waals surface area contributed by atoms with E-state index in [1.165, 1.54) is 16.9 Å². The van der Waals surface area contributed by atoms with Crippen molar-refractivity contribution < 1.29 is 4.79 Å². The van der Waals surface area contributed by atoms with Crippen LogP contribution in [0.5, 0.6) is 0 Å². The summed E-state index contributed by atoms with van der Waals surface area (Å²) in [5.41, 5.74) is 5.09. The molecule has 1 saturated heterocycles. The van der Waals surface area contributed by atoms with Gasteiger partial charge in [0.2, 0.25) is 0 Å². The highest BCUT2D eigenvalue weighted by atomic mass is 32.1. The summed E-state index contributed by atoms with van der Waals surface area (Å²) >= 11 is 1.49. The third-order valence-electron chi connectivity index (χ3n) is 5.12. The molecule has 1 aliphatic heterocycles. The van der Waals surface area contributed by atoms with Gasteiger partial charge < -0.3 is 0 Å². The Morgan fingerprint density at radius 2 is 2.04 bits per heavy atom. The molecule has 2 aromatic heterocycles. The van der Waals surface area contributed by atoms with Crippen LogP contribution in [-0.2, 0) is 6.54 Å². The Kier molecular flexibility index (Phi) is 5.50. The van der Waals surface area contributed by atoms with Crippen LogP contribution in [0.1, 0.15) is 51.8 Å². The molecule has 3 heterocycles. The van der Waals surface area contributed by atoms with Crippen molar-refractivity contribution in [2.75, 3.05) is 11.9 Å². The lowest BCUT2D eigenvalue weighted by atomic mass is 10.1. The fraction of sp³-hybridized carbons (Fsp3) is 0.318. The van der Waals surface area contributed by atoms with E-state index in [1.807, 2.05) is 44.3 Å². The standard InChI is InChI=1S/C22H24N4OS/c1-15-5-9-18(10-6-15)21(27)25-22-24-19(14-28-22)20-4-3-11-26(20)13-17-8-7-16(2)23-12-17/h5-10,12,14,20H,3-4,11,13H2,1-2H3,(H,24,25,27)/t20-/m1/s1. The third kappa shape index (κ3) is 4.29. The van der Waals surface area contributed by atoms with Gasteiger partial charge in [0.15, 0.2) is 5.13 Å². The number of amides is 1. The van der Waals surface area contributed by atoms with Gasteiger partial charge in [-0.15, -0.1) is 11.3 Å². The molecule has 1 N–H and O–H groups in total. The number of carbonyl (C=O) groups excluding carboxylic acids is 1. The number of likely N-dealkylation sites (tertiary alicyclic amines) is 1. The smallest absolute Gasteiger partial charge is 0.257 e. The predicted octanol–water partition coefficient (Wildman–Crippen LogP) is 4.74. The van der Waals surface area contributed by atoms with Crippen molar-refractivity contribution in [1.29, 1.82) is 0 Å². The highest BCUT2D eigenvalue weighted by Gasteiger charge is 2.28. The fourth-order valence-corrected chi connectivity index (χ4v) is 4.30. The molecule has 3 aromatic rings. The normalized spacial score (nSPS) is 17.0. The average molecular weight is 393 g/mol. The molecule has 0 unspecified atom stereocenters. The summed E-state index contributed by atoms with van der Waals surface area (Å²) in [6.45, 7) is 5.95. The maximum atomic E-state index is 12.4. The first-order valence-corrected chi connectivity index (χ1v) is 10.5. The van der Waals surface area contributed by atoms with E-state index in [2.05, 4.69) is 32.7 Å². The highest BCUT2D eigenvalue weighted by Crippen LogP contribution is 2.34. The molecule has 1 amide bonds. The van der Waals surface area contributed by atoms with Crippen molar-refractivity contribution in [3.8, 4) is 0 Å². The molecule has 1 atom stereocenters. The van der Waals surface area contributed by atoms with Gasteiger partial charge in [-0.1, -0.05) is 23.8 Å². The number of hydrogen-bond donors (Lipinski definition) is 1. The number of carbonyl (C=O) groups is 1. The Balaban J connectivity index is 1.43. The van der Waals surface area contributed by atoms with Crippen LogP contribution in [0, 0.1) is 13.8 Å². The Morgan fingerprint density at radius 3 is 2.79 bits per heavy atom. The maximum absolute atomic E-state index is 12.4. The molecular formula is C22H24N4OS. The van der Waals surface area contributed by atoms with Crippen molar-refractivity contribution in [2.45, 2.75) is 39.3 Å². The zero-order chi connectivity index (χ0) is 19.5. The first kappa shape index (κ1) is 18.8. The van der Waals surface area contributed by atoms with Crippen molar-refractivity contribution in [2.24, 2.45) is 0 Å². The molecule has 5 nitrogen and oxygen atoms in total. The molecule has 0 bridgehead atoms. The number of nitrogens with one attached hydrogen (secondary N) is 1. The largest absolute Gasteiger partial charge is 0.298 e. The molecule has 0 aliphatic carbocycles. The fourth-order valence-electron chi connectivity index (χ4n) is 3.55. The topological polar surface area (TPSA) is 58.1 Å². The quantitative estimate of drug-likeness (QED) is 0.681. The number of hydrogen-bond acceptors (Lipinski definition) is 5. The van der Waals surface area contributed by atoms with Crippen molar-refractivity contribution >= 4 is 22.4 Å². The minimum absolute atomic E-state index is 0.116. The molecule has 4 rings (SSSR count). The van der Waals surface area contributed by atoms with E-state index in [0.717, 1.165) is 42.9 Å². The summed E-state index contributed by atoms with van der Waals surface area (Å²) in [6.07, 6.45) is 4.21. The Labute approximate surface area is 169 Å². The minimum Gasteiger partial charge on any atom is -0.298 e. The van der Waals surface area contributed by atoms with Crippen molar-refractivity contribution in [3.63, 3.8) is 0 Å². The summed E-state index contributed by atoms with van der Waals surface area (Å²) in [6, 6.07) is 12.1. The van der Waals surface area contributed by atoms with E-state index in [9.17, 15) is 4.79 Å². The summed E-state index contributed by atoms with van der Waals surface area (Å²) in [5, 5.41) is 5.66. The van der Waals surface area contributed by atoms with Gasteiger partial charge in [-0.3, -0.25) is 20.0 Å². The number of anilines is 1. The molecule has 28 heavy (non-hydrogen) atoms. The molecule has 0 saturated carbocycles. The van der Waals surface area contributed by atoms with Crippen LogP contribution in [-0.4, -0.2) is 27.3 Å². The monoisotopic (exact) mass is 392 g/mol. The maximum Gasteiger partial charge on any atom is 0.257 e. The molecule has 0 spiro atoms. The number of rotatable bonds is 5. The average Bonchev–Trinajstić information content (AvgIpc) is 3.33. The number of aryl methyl sites for hydroxylation is 2. The van der Waals surface area contributed by atoms with Gasteiger partial charge in [-0.2, -0.15) is 0 Å². The number of benzene rings is 1. The molecule has 1 fully saturated rings.